The first kappa shape index (κ1) is 20.2. The van der Waals surface area contributed by atoms with Crippen LogP contribution in [0.25, 0.3) is 0 Å². The SMILES string of the molecule is Cc1cccc(NC(=O)CSc2nnc(SCc3ccc(Cl)cc3)s2)c1C. The Labute approximate surface area is 176 Å². The number of rotatable bonds is 7. The van der Waals surface area contributed by atoms with E-state index in [1.54, 1.807) is 11.8 Å². The van der Waals surface area contributed by atoms with Gasteiger partial charge in [-0.05, 0) is 48.7 Å². The van der Waals surface area contributed by atoms with Crippen molar-refractivity contribution in [2.24, 2.45) is 0 Å². The molecule has 1 amide bonds. The molecule has 3 aromatic rings. The van der Waals surface area contributed by atoms with Crippen molar-refractivity contribution < 1.29 is 4.79 Å². The molecule has 0 fully saturated rings. The largest absolute Gasteiger partial charge is 0.325 e. The Kier molecular flexibility index (Phi) is 7.18. The van der Waals surface area contributed by atoms with Crippen LogP contribution in [0.5, 0.6) is 0 Å². The van der Waals surface area contributed by atoms with Crippen molar-refractivity contribution in [2.75, 3.05) is 11.1 Å². The Bertz CT molecular complexity index is 928. The standard InChI is InChI=1S/C19H18ClN3OS3/c1-12-4-3-5-16(13(12)2)21-17(24)11-26-19-23-22-18(27-19)25-10-14-6-8-15(20)9-7-14/h3-9H,10-11H2,1-2H3,(H,21,24). The topological polar surface area (TPSA) is 54.9 Å². The van der Waals surface area contributed by atoms with Crippen LogP contribution in [0.2, 0.25) is 5.02 Å². The highest BCUT2D eigenvalue weighted by atomic mass is 35.5. The maximum Gasteiger partial charge on any atom is 0.234 e. The molecule has 2 aromatic carbocycles. The Hall–Kier alpha value is -1.54. The van der Waals surface area contributed by atoms with Gasteiger partial charge in [0.2, 0.25) is 5.91 Å². The number of carbonyl (C=O) groups is 1. The summed E-state index contributed by atoms with van der Waals surface area (Å²) in [6.07, 6.45) is 0. The molecule has 0 bridgehead atoms. The number of anilines is 1. The second-order valence-electron chi connectivity index (χ2n) is 5.83. The van der Waals surface area contributed by atoms with Gasteiger partial charge in [0.15, 0.2) is 8.68 Å². The lowest BCUT2D eigenvalue weighted by atomic mass is 10.1. The molecular formula is C19H18ClN3OS3. The number of hydrogen-bond acceptors (Lipinski definition) is 6. The molecule has 0 aliphatic carbocycles. The molecule has 8 heteroatoms. The van der Waals surface area contributed by atoms with Crippen molar-refractivity contribution in [1.82, 2.24) is 10.2 Å². The van der Waals surface area contributed by atoms with Gasteiger partial charge in [-0.15, -0.1) is 10.2 Å². The maximum atomic E-state index is 12.2. The molecule has 0 aliphatic heterocycles. The van der Waals surface area contributed by atoms with E-state index in [0.29, 0.717) is 5.75 Å². The monoisotopic (exact) mass is 435 g/mol. The number of thioether (sulfide) groups is 2. The molecule has 27 heavy (non-hydrogen) atoms. The second-order valence-corrected chi connectivity index (χ2v) is 9.69. The molecule has 0 spiro atoms. The Morgan fingerprint density at radius 1 is 1.07 bits per heavy atom. The fraction of sp³-hybridized carbons (Fsp3) is 0.211. The van der Waals surface area contributed by atoms with Crippen LogP contribution in [0.15, 0.2) is 51.1 Å². The molecule has 1 N–H and O–H groups in total. The van der Waals surface area contributed by atoms with Crippen LogP contribution in [0.1, 0.15) is 16.7 Å². The van der Waals surface area contributed by atoms with Gasteiger partial charge in [0.25, 0.3) is 0 Å². The molecule has 0 saturated carbocycles. The molecule has 4 nitrogen and oxygen atoms in total. The number of nitrogens with zero attached hydrogens (tertiary/aromatic N) is 2. The minimum atomic E-state index is -0.0423. The predicted molar refractivity (Wildman–Crippen MR) is 116 cm³/mol. The van der Waals surface area contributed by atoms with Gasteiger partial charge in [0, 0.05) is 16.5 Å². The summed E-state index contributed by atoms with van der Waals surface area (Å²) in [5.41, 5.74) is 4.29. The summed E-state index contributed by atoms with van der Waals surface area (Å²) in [5, 5.41) is 12.0. The average Bonchev–Trinajstić information content (AvgIpc) is 3.11. The van der Waals surface area contributed by atoms with Crippen molar-refractivity contribution in [3.63, 3.8) is 0 Å². The number of amides is 1. The van der Waals surface area contributed by atoms with Crippen LogP contribution in [0.3, 0.4) is 0 Å². The first-order chi connectivity index (χ1) is 13.0. The lowest BCUT2D eigenvalue weighted by Gasteiger charge is -2.09. The Balaban J connectivity index is 1.48. The van der Waals surface area contributed by atoms with E-state index in [2.05, 4.69) is 15.5 Å². The molecule has 140 valence electrons. The number of nitrogens with one attached hydrogen (secondary N) is 1. The third-order valence-corrected chi connectivity index (χ3v) is 7.38. The minimum absolute atomic E-state index is 0.0423. The van der Waals surface area contributed by atoms with Crippen LogP contribution in [-0.4, -0.2) is 21.9 Å². The lowest BCUT2D eigenvalue weighted by Crippen LogP contribution is -2.15. The number of aryl methyl sites for hydroxylation is 1. The molecular weight excluding hydrogens is 418 g/mol. The molecule has 0 unspecified atom stereocenters. The third kappa shape index (κ3) is 5.97. The normalized spacial score (nSPS) is 10.8. The molecule has 0 aliphatic rings. The van der Waals surface area contributed by atoms with E-state index >= 15 is 0 Å². The first-order valence-corrected chi connectivity index (χ1v) is 11.4. The van der Waals surface area contributed by atoms with Crippen molar-refractivity contribution >= 4 is 58.1 Å². The van der Waals surface area contributed by atoms with Crippen molar-refractivity contribution in [2.45, 2.75) is 28.3 Å². The minimum Gasteiger partial charge on any atom is -0.325 e. The fourth-order valence-corrected chi connectivity index (χ4v) is 5.14. The summed E-state index contributed by atoms with van der Waals surface area (Å²) >= 11 is 10.4. The van der Waals surface area contributed by atoms with Crippen LogP contribution in [-0.2, 0) is 10.5 Å². The third-order valence-electron chi connectivity index (χ3n) is 3.87. The molecule has 1 heterocycles. The summed E-state index contributed by atoms with van der Waals surface area (Å²) in [5.74, 6) is 1.08. The van der Waals surface area contributed by atoms with E-state index < -0.39 is 0 Å². The van der Waals surface area contributed by atoms with Gasteiger partial charge in [0.05, 0.1) is 5.75 Å². The van der Waals surface area contributed by atoms with Crippen molar-refractivity contribution in [1.29, 1.82) is 0 Å². The van der Waals surface area contributed by atoms with Crippen LogP contribution in [0.4, 0.5) is 5.69 Å². The highest BCUT2D eigenvalue weighted by Crippen LogP contribution is 2.31. The van der Waals surface area contributed by atoms with E-state index in [1.165, 1.54) is 28.7 Å². The first-order valence-electron chi connectivity index (χ1n) is 8.21. The van der Waals surface area contributed by atoms with E-state index in [4.69, 9.17) is 11.6 Å². The summed E-state index contributed by atoms with van der Waals surface area (Å²) < 4.78 is 1.69. The average molecular weight is 436 g/mol. The number of benzene rings is 2. The highest BCUT2D eigenvalue weighted by molar-refractivity contribution is 8.03. The van der Waals surface area contributed by atoms with Gasteiger partial charge in [-0.1, -0.05) is 70.7 Å². The highest BCUT2D eigenvalue weighted by Gasteiger charge is 2.10. The molecule has 1 aromatic heterocycles. The summed E-state index contributed by atoms with van der Waals surface area (Å²) in [6.45, 7) is 4.04. The van der Waals surface area contributed by atoms with Gasteiger partial charge in [-0.2, -0.15) is 0 Å². The molecule has 3 rings (SSSR count). The maximum absolute atomic E-state index is 12.2. The summed E-state index contributed by atoms with van der Waals surface area (Å²) in [7, 11) is 0. The van der Waals surface area contributed by atoms with Crippen molar-refractivity contribution in [3.05, 3.63) is 64.2 Å². The predicted octanol–water partition coefficient (Wildman–Crippen LogP) is 5.83. The van der Waals surface area contributed by atoms with E-state index in [0.717, 1.165) is 36.3 Å². The quantitative estimate of drug-likeness (QED) is 0.473. The zero-order chi connectivity index (χ0) is 19.2. The molecule has 0 radical (unpaired) electrons. The number of aromatic nitrogens is 2. The van der Waals surface area contributed by atoms with Gasteiger partial charge in [-0.25, -0.2) is 0 Å². The summed E-state index contributed by atoms with van der Waals surface area (Å²) in [6, 6.07) is 13.7. The van der Waals surface area contributed by atoms with Crippen LogP contribution >= 0.6 is 46.5 Å². The molecule has 0 atom stereocenters. The van der Waals surface area contributed by atoms with Crippen LogP contribution < -0.4 is 5.32 Å². The van der Waals surface area contributed by atoms with Crippen LogP contribution in [0, 0.1) is 13.8 Å². The number of hydrogen-bond donors (Lipinski definition) is 1. The van der Waals surface area contributed by atoms with Crippen molar-refractivity contribution in [3.8, 4) is 0 Å². The van der Waals surface area contributed by atoms with Gasteiger partial charge >= 0.3 is 0 Å². The lowest BCUT2D eigenvalue weighted by molar-refractivity contribution is -0.113. The van der Waals surface area contributed by atoms with E-state index in [-0.39, 0.29) is 5.91 Å². The Morgan fingerprint density at radius 2 is 1.78 bits per heavy atom. The Morgan fingerprint density at radius 3 is 2.52 bits per heavy atom. The van der Waals surface area contributed by atoms with E-state index in [1.807, 2.05) is 56.3 Å². The number of carbonyl (C=O) groups excluding carboxylic acids is 1. The van der Waals surface area contributed by atoms with Gasteiger partial charge in [0.1, 0.15) is 0 Å². The van der Waals surface area contributed by atoms with Gasteiger partial charge in [-0.3, -0.25) is 4.79 Å². The van der Waals surface area contributed by atoms with Gasteiger partial charge < -0.3 is 5.32 Å². The molecule has 0 saturated heterocycles. The number of halogens is 1. The smallest absolute Gasteiger partial charge is 0.234 e. The fourth-order valence-electron chi connectivity index (χ4n) is 2.24. The zero-order valence-electron chi connectivity index (χ0n) is 14.9. The second kappa shape index (κ2) is 9.59. The van der Waals surface area contributed by atoms with E-state index in [9.17, 15) is 4.79 Å². The summed E-state index contributed by atoms with van der Waals surface area (Å²) in [4.78, 5) is 12.2. The zero-order valence-corrected chi connectivity index (χ0v) is 18.1.